The zero-order chi connectivity index (χ0) is 13.9. The first kappa shape index (κ1) is 14.7. The molecule has 0 radical (unpaired) electrons. The third kappa shape index (κ3) is 4.51. The molecule has 1 rings (SSSR count). The van der Waals surface area contributed by atoms with Gasteiger partial charge in [-0.15, -0.1) is 0 Å². The second-order valence-electron chi connectivity index (χ2n) is 6.01. The molecule has 0 bridgehead atoms. The van der Waals surface area contributed by atoms with E-state index in [9.17, 15) is 9.59 Å². The maximum Gasteiger partial charge on any atom is 0.309 e. The molecular weight excluding hydrogens is 230 g/mol. The number of Topliss-reactive ketones (excluding diaryl/α,β-unsaturated/α-hetero) is 1. The minimum absolute atomic E-state index is 0.142. The number of ether oxygens (including phenoxy) is 1. The second-order valence-corrected chi connectivity index (χ2v) is 6.01. The van der Waals surface area contributed by atoms with Gasteiger partial charge in [0.05, 0.1) is 5.92 Å². The maximum atomic E-state index is 12.0. The Morgan fingerprint density at radius 3 is 2.50 bits per heavy atom. The van der Waals surface area contributed by atoms with Crippen LogP contribution < -0.4 is 0 Å². The van der Waals surface area contributed by atoms with Crippen molar-refractivity contribution in [2.75, 3.05) is 14.1 Å². The summed E-state index contributed by atoms with van der Waals surface area (Å²) < 4.78 is 5.37. The first-order chi connectivity index (χ1) is 8.19. The van der Waals surface area contributed by atoms with Crippen LogP contribution in [0.15, 0.2) is 11.8 Å². The van der Waals surface area contributed by atoms with Crippen molar-refractivity contribution in [1.29, 1.82) is 0 Å². The van der Waals surface area contributed by atoms with E-state index in [2.05, 4.69) is 0 Å². The lowest BCUT2D eigenvalue weighted by Gasteiger charge is -2.27. The van der Waals surface area contributed by atoms with Gasteiger partial charge in [-0.25, -0.2) is 0 Å². The van der Waals surface area contributed by atoms with Gasteiger partial charge in [0.1, 0.15) is 5.60 Å². The molecular formula is C14H23NO3. The van der Waals surface area contributed by atoms with E-state index in [1.54, 1.807) is 6.20 Å². The van der Waals surface area contributed by atoms with E-state index in [-0.39, 0.29) is 17.7 Å². The molecule has 0 aromatic carbocycles. The number of carbonyl (C=O) groups is 2. The molecule has 1 unspecified atom stereocenters. The zero-order valence-electron chi connectivity index (χ0n) is 11.9. The normalized spacial score (nSPS) is 23.1. The van der Waals surface area contributed by atoms with Gasteiger partial charge in [-0.1, -0.05) is 0 Å². The molecule has 0 amide bonds. The number of nitrogens with zero attached hydrogens (tertiary/aromatic N) is 1. The van der Waals surface area contributed by atoms with Gasteiger partial charge in [0.25, 0.3) is 0 Å². The Balaban J connectivity index is 2.70. The third-order valence-corrected chi connectivity index (χ3v) is 2.70. The molecule has 102 valence electrons. The Hall–Kier alpha value is -1.32. The Bertz CT molecular complexity index is 364. The van der Waals surface area contributed by atoms with Gasteiger partial charge in [0.2, 0.25) is 0 Å². The molecule has 1 saturated carbocycles. The van der Waals surface area contributed by atoms with E-state index < -0.39 is 5.60 Å². The summed E-state index contributed by atoms with van der Waals surface area (Å²) in [5.41, 5.74) is 0.256. The molecule has 1 aliphatic rings. The molecule has 0 N–H and O–H groups in total. The van der Waals surface area contributed by atoms with Crippen molar-refractivity contribution in [3.05, 3.63) is 11.8 Å². The van der Waals surface area contributed by atoms with Crippen molar-refractivity contribution in [1.82, 2.24) is 4.90 Å². The van der Waals surface area contributed by atoms with Crippen molar-refractivity contribution in [2.24, 2.45) is 5.92 Å². The van der Waals surface area contributed by atoms with Crippen molar-refractivity contribution in [2.45, 2.75) is 45.6 Å². The Kier molecular flexibility index (Phi) is 4.54. The van der Waals surface area contributed by atoms with Gasteiger partial charge in [-0.3, -0.25) is 9.59 Å². The number of esters is 1. The van der Waals surface area contributed by atoms with Crippen molar-refractivity contribution in [3.63, 3.8) is 0 Å². The molecule has 0 aromatic rings. The number of allylic oxidation sites excluding steroid dienone is 1. The molecule has 0 aromatic heterocycles. The molecule has 1 fully saturated rings. The zero-order valence-corrected chi connectivity index (χ0v) is 11.9. The summed E-state index contributed by atoms with van der Waals surface area (Å²) in [6.45, 7) is 5.57. The molecule has 18 heavy (non-hydrogen) atoms. The molecule has 1 atom stereocenters. The largest absolute Gasteiger partial charge is 0.460 e. The average Bonchev–Trinajstić information content (AvgIpc) is 2.17. The fourth-order valence-corrected chi connectivity index (χ4v) is 1.97. The van der Waals surface area contributed by atoms with Gasteiger partial charge in [-0.2, -0.15) is 0 Å². The predicted octanol–water partition coefficient (Wildman–Crippen LogP) is 2.14. The van der Waals surface area contributed by atoms with Crippen LogP contribution in [0, 0.1) is 5.92 Å². The standard InChI is InChI=1S/C14H23NO3/c1-14(2,3)18-13(17)10-6-7-12(16)11(8-10)9-15(4)5/h9-10H,6-8H2,1-5H3. The topological polar surface area (TPSA) is 46.6 Å². The van der Waals surface area contributed by atoms with Gasteiger partial charge >= 0.3 is 5.97 Å². The van der Waals surface area contributed by atoms with E-state index in [4.69, 9.17) is 4.74 Å². The van der Waals surface area contributed by atoms with Crippen LogP contribution in [0.25, 0.3) is 0 Å². The van der Waals surface area contributed by atoms with Crippen molar-refractivity contribution >= 4 is 11.8 Å². The molecule has 4 nitrogen and oxygen atoms in total. The highest BCUT2D eigenvalue weighted by atomic mass is 16.6. The fraction of sp³-hybridized carbons (Fsp3) is 0.714. The van der Waals surface area contributed by atoms with Crippen LogP contribution in [0.1, 0.15) is 40.0 Å². The van der Waals surface area contributed by atoms with E-state index >= 15 is 0 Å². The predicted molar refractivity (Wildman–Crippen MR) is 70.0 cm³/mol. The van der Waals surface area contributed by atoms with E-state index in [0.717, 1.165) is 5.57 Å². The summed E-state index contributed by atoms with van der Waals surface area (Å²) >= 11 is 0. The van der Waals surface area contributed by atoms with E-state index in [1.165, 1.54) is 0 Å². The minimum Gasteiger partial charge on any atom is -0.460 e. The highest BCUT2D eigenvalue weighted by molar-refractivity contribution is 5.97. The average molecular weight is 253 g/mol. The molecule has 0 aliphatic heterocycles. The highest BCUT2D eigenvalue weighted by Crippen LogP contribution is 2.28. The van der Waals surface area contributed by atoms with Gasteiger partial charge < -0.3 is 9.64 Å². The Labute approximate surface area is 109 Å². The molecule has 1 aliphatic carbocycles. The lowest BCUT2D eigenvalue weighted by atomic mass is 9.85. The first-order valence-corrected chi connectivity index (χ1v) is 6.32. The van der Waals surface area contributed by atoms with Crippen molar-refractivity contribution < 1.29 is 14.3 Å². The van der Waals surface area contributed by atoms with Gasteiger partial charge in [-0.05, 0) is 33.6 Å². The number of ketones is 1. The molecule has 0 spiro atoms. The molecule has 4 heteroatoms. The van der Waals surface area contributed by atoms with Crippen LogP contribution in [0.5, 0.6) is 0 Å². The van der Waals surface area contributed by atoms with Crippen LogP contribution in [0.2, 0.25) is 0 Å². The monoisotopic (exact) mass is 253 g/mol. The van der Waals surface area contributed by atoms with E-state index in [0.29, 0.717) is 19.3 Å². The number of rotatable bonds is 2. The summed E-state index contributed by atoms with van der Waals surface area (Å²) in [5, 5.41) is 0. The third-order valence-electron chi connectivity index (χ3n) is 2.70. The summed E-state index contributed by atoms with van der Waals surface area (Å²) in [7, 11) is 3.74. The van der Waals surface area contributed by atoms with Gasteiger partial charge in [0, 0.05) is 32.3 Å². The number of hydrogen-bond acceptors (Lipinski definition) is 4. The lowest BCUT2D eigenvalue weighted by Crippen LogP contribution is -2.32. The lowest BCUT2D eigenvalue weighted by molar-refractivity contribution is -0.160. The summed E-state index contributed by atoms with van der Waals surface area (Å²) in [5.74, 6) is -0.240. The number of carbonyl (C=O) groups excluding carboxylic acids is 2. The Morgan fingerprint density at radius 1 is 1.39 bits per heavy atom. The van der Waals surface area contributed by atoms with Gasteiger partial charge in [0.15, 0.2) is 5.78 Å². The highest BCUT2D eigenvalue weighted by Gasteiger charge is 2.31. The molecule has 0 saturated heterocycles. The SMILES string of the molecule is CN(C)C=C1CC(C(=O)OC(C)(C)C)CCC1=O. The maximum absolute atomic E-state index is 12.0. The second kappa shape index (κ2) is 5.55. The summed E-state index contributed by atoms with van der Waals surface area (Å²) in [6.07, 6.45) is 3.33. The van der Waals surface area contributed by atoms with Crippen LogP contribution in [-0.2, 0) is 14.3 Å². The first-order valence-electron chi connectivity index (χ1n) is 6.32. The number of hydrogen-bond donors (Lipinski definition) is 0. The molecule has 0 heterocycles. The Morgan fingerprint density at radius 2 is 2.00 bits per heavy atom. The summed E-state index contributed by atoms with van der Waals surface area (Å²) in [4.78, 5) is 25.6. The quantitative estimate of drug-likeness (QED) is 0.559. The minimum atomic E-state index is -0.468. The van der Waals surface area contributed by atoms with Crippen molar-refractivity contribution in [3.8, 4) is 0 Å². The van der Waals surface area contributed by atoms with Crippen LogP contribution >= 0.6 is 0 Å². The van der Waals surface area contributed by atoms with Crippen LogP contribution in [-0.4, -0.2) is 36.3 Å². The summed E-state index contributed by atoms with van der Waals surface area (Å²) in [6, 6.07) is 0. The fourth-order valence-electron chi connectivity index (χ4n) is 1.97. The van der Waals surface area contributed by atoms with Crippen LogP contribution in [0.4, 0.5) is 0 Å². The smallest absolute Gasteiger partial charge is 0.309 e. The van der Waals surface area contributed by atoms with E-state index in [1.807, 2.05) is 39.8 Å². The van der Waals surface area contributed by atoms with Crippen LogP contribution in [0.3, 0.4) is 0 Å².